The summed E-state index contributed by atoms with van der Waals surface area (Å²) >= 11 is 0. The topological polar surface area (TPSA) is 29.5 Å². The number of hydrogen-bond acceptors (Lipinski definition) is 2. The van der Waals surface area contributed by atoms with Crippen molar-refractivity contribution >= 4 is 5.91 Å². The summed E-state index contributed by atoms with van der Waals surface area (Å²) in [5, 5.41) is 0. The van der Waals surface area contributed by atoms with Crippen LogP contribution in [0.2, 0.25) is 0 Å². The second kappa shape index (κ2) is 5.21. The van der Waals surface area contributed by atoms with Crippen molar-refractivity contribution in [3.05, 3.63) is 12.2 Å². The highest BCUT2D eigenvalue weighted by Gasteiger charge is 2.36. The summed E-state index contributed by atoms with van der Waals surface area (Å²) in [6, 6.07) is 0. The molecule has 1 aliphatic carbocycles. The minimum absolute atomic E-state index is 0.0492. The molecule has 0 bridgehead atoms. The number of hydrogen-bond donors (Lipinski definition) is 0. The van der Waals surface area contributed by atoms with Crippen molar-refractivity contribution < 1.29 is 9.53 Å². The van der Waals surface area contributed by atoms with Gasteiger partial charge in [-0.3, -0.25) is 4.79 Å². The first-order valence-corrected chi connectivity index (χ1v) is 6.68. The highest BCUT2D eigenvalue weighted by Crippen LogP contribution is 2.38. The van der Waals surface area contributed by atoms with E-state index in [0.29, 0.717) is 19.1 Å². The molecule has 3 nitrogen and oxygen atoms in total. The van der Waals surface area contributed by atoms with Crippen LogP contribution in [-0.4, -0.2) is 37.1 Å². The van der Waals surface area contributed by atoms with Gasteiger partial charge < -0.3 is 9.64 Å². The van der Waals surface area contributed by atoms with Gasteiger partial charge in [0.25, 0.3) is 0 Å². The van der Waals surface area contributed by atoms with Crippen molar-refractivity contribution in [2.24, 2.45) is 11.3 Å². The molecule has 0 saturated carbocycles. The van der Waals surface area contributed by atoms with Crippen LogP contribution in [0.25, 0.3) is 0 Å². The number of allylic oxidation sites excluding steroid dienone is 2. The third-order valence-corrected chi connectivity index (χ3v) is 4.27. The van der Waals surface area contributed by atoms with E-state index < -0.39 is 0 Å². The molecule has 0 N–H and O–H groups in total. The second-order valence-electron chi connectivity index (χ2n) is 5.46. The van der Waals surface area contributed by atoms with Gasteiger partial charge in [-0.15, -0.1) is 0 Å². The summed E-state index contributed by atoms with van der Waals surface area (Å²) in [6.45, 7) is 7.17. The van der Waals surface area contributed by atoms with Crippen molar-refractivity contribution in [3.63, 3.8) is 0 Å². The van der Waals surface area contributed by atoms with Crippen LogP contribution in [0, 0.1) is 11.3 Å². The summed E-state index contributed by atoms with van der Waals surface area (Å²) in [6.07, 6.45) is 7.97. The van der Waals surface area contributed by atoms with Gasteiger partial charge in [-0.1, -0.05) is 26.0 Å². The molecule has 2 aliphatic rings. The van der Waals surface area contributed by atoms with E-state index >= 15 is 0 Å². The van der Waals surface area contributed by atoms with Gasteiger partial charge in [0, 0.05) is 19.0 Å². The van der Waals surface area contributed by atoms with Crippen molar-refractivity contribution in [1.29, 1.82) is 0 Å². The minimum Gasteiger partial charge on any atom is -0.378 e. The fourth-order valence-corrected chi connectivity index (χ4v) is 2.74. The van der Waals surface area contributed by atoms with Gasteiger partial charge in [0.2, 0.25) is 5.91 Å². The smallest absolute Gasteiger partial charge is 0.226 e. The van der Waals surface area contributed by atoms with Crippen LogP contribution in [0.5, 0.6) is 0 Å². The van der Waals surface area contributed by atoms with Crippen molar-refractivity contribution in [2.45, 2.75) is 33.1 Å². The van der Waals surface area contributed by atoms with E-state index in [0.717, 1.165) is 25.9 Å². The fourth-order valence-electron chi connectivity index (χ4n) is 2.74. The normalized spacial score (nSPS) is 31.3. The van der Waals surface area contributed by atoms with Crippen LogP contribution in [0.4, 0.5) is 0 Å². The molecule has 0 spiro atoms. The highest BCUT2D eigenvalue weighted by molar-refractivity contribution is 5.79. The van der Waals surface area contributed by atoms with Gasteiger partial charge in [0.15, 0.2) is 0 Å². The van der Waals surface area contributed by atoms with Crippen molar-refractivity contribution in [3.8, 4) is 0 Å². The number of morpholine rings is 1. The number of amides is 1. The molecule has 1 heterocycles. The highest BCUT2D eigenvalue weighted by atomic mass is 16.5. The molecule has 17 heavy (non-hydrogen) atoms. The maximum atomic E-state index is 12.4. The maximum Gasteiger partial charge on any atom is 0.226 e. The summed E-state index contributed by atoms with van der Waals surface area (Å²) in [4.78, 5) is 14.4. The van der Waals surface area contributed by atoms with Gasteiger partial charge in [-0.2, -0.15) is 0 Å². The number of rotatable bonds is 2. The first-order valence-electron chi connectivity index (χ1n) is 6.68. The standard InChI is InChI=1S/C14H23NO2/c1-12(14(2)6-4-3-5-7-14)13(16)15-8-10-17-11-9-15/h4,6,12H,3,5,7-11H2,1-2H3/t12-,14-/m1/s1. The summed E-state index contributed by atoms with van der Waals surface area (Å²) in [7, 11) is 0. The first kappa shape index (κ1) is 12.6. The lowest BCUT2D eigenvalue weighted by atomic mass is 9.71. The van der Waals surface area contributed by atoms with E-state index in [-0.39, 0.29) is 11.3 Å². The van der Waals surface area contributed by atoms with E-state index in [1.807, 2.05) is 4.90 Å². The predicted molar refractivity (Wildman–Crippen MR) is 67.7 cm³/mol. The molecule has 0 radical (unpaired) electrons. The van der Waals surface area contributed by atoms with E-state index in [9.17, 15) is 4.79 Å². The molecule has 1 saturated heterocycles. The largest absolute Gasteiger partial charge is 0.378 e. The molecule has 3 heteroatoms. The van der Waals surface area contributed by atoms with Crippen LogP contribution in [0.3, 0.4) is 0 Å². The molecule has 1 aliphatic heterocycles. The van der Waals surface area contributed by atoms with Crippen molar-refractivity contribution in [1.82, 2.24) is 4.90 Å². The lowest BCUT2D eigenvalue weighted by Gasteiger charge is -2.38. The number of carbonyl (C=O) groups is 1. The third kappa shape index (κ3) is 2.71. The zero-order valence-electron chi connectivity index (χ0n) is 10.9. The van der Waals surface area contributed by atoms with E-state index in [1.165, 1.54) is 6.42 Å². The number of ether oxygens (including phenoxy) is 1. The Hall–Kier alpha value is -0.830. The van der Waals surface area contributed by atoms with E-state index in [4.69, 9.17) is 4.74 Å². The number of carbonyl (C=O) groups excluding carboxylic acids is 1. The molecular weight excluding hydrogens is 214 g/mol. The Morgan fingerprint density at radius 1 is 1.41 bits per heavy atom. The van der Waals surface area contributed by atoms with Gasteiger partial charge in [-0.25, -0.2) is 0 Å². The fraction of sp³-hybridized carbons (Fsp3) is 0.786. The monoisotopic (exact) mass is 237 g/mol. The molecule has 0 aromatic heterocycles. The summed E-state index contributed by atoms with van der Waals surface area (Å²) in [5.74, 6) is 0.375. The lowest BCUT2D eigenvalue weighted by molar-refractivity contribution is -0.142. The van der Waals surface area contributed by atoms with Crippen molar-refractivity contribution in [2.75, 3.05) is 26.3 Å². The quantitative estimate of drug-likeness (QED) is 0.689. The second-order valence-corrected chi connectivity index (χ2v) is 5.46. The molecule has 1 fully saturated rings. The molecule has 2 atom stereocenters. The molecular formula is C14H23NO2. The Morgan fingerprint density at radius 2 is 2.12 bits per heavy atom. The van der Waals surface area contributed by atoms with Crippen LogP contribution in [0.15, 0.2) is 12.2 Å². The molecule has 2 rings (SSSR count). The molecule has 0 unspecified atom stereocenters. The van der Waals surface area contributed by atoms with Gasteiger partial charge in [-0.05, 0) is 24.7 Å². The van der Waals surface area contributed by atoms with E-state index in [1.54, 1.807) is 0 Å². The third-order valence-electron chi connectivity index (χ3n) is 4.27. The van der Waals surface area contributed by atoms with Crippen LogP contribution in [0.1, 0.15) is 33.1 Å². The van der Waals surface area contributed by atoms with Gasteiger partial charge in [0.05, 0.1) is 13.2 Å². The first-order chi connectivity index (χ1) is 8.13. The van der Waals surface area contributed by atoms with Gasteiger partial charge >= 0.3 is 0 Å². The number of nitrogens with zero attached hydrogens (tertiary/aromatic N) is 1. The Bertz CT molecular complexity index is 307. The SMILES string of the molecule is C[C@H](C(=O)N1CCOCC1)[C@]1(C)C=CCCC1. The predicted octanol–water partition coefficient (Wildman–Crippen LogP) is 2.23. The zero-order chi connectivity index (χ0) is 12.3. The molecule has 1 amide bonds. The Labute approximate surface area is 104 Å². The molecule has 96 valence electrons. The molecule has 0 aromatic carbocycles. The summed E-state index contributed by atoms with van der Waals surface area (Å²) < 4.78 is 5.29. The zero-order valence-corrected chi connectivity index (χ0v) is 10.9. The average molecular weight is 237 g/mol. The minimum atomic E-state index is 0.0492. The Kier molecular flexibility index (Phi) is 3.87. The van der Waals surface area contributed by atoms with E-state index in [2.05, 4.69) is 26.0 Å². The lowest BCUT2D eigenvalue weighted by Crippen LogP contribution is -2.46. The van der Waals surface area contributed by atoms with Crippen LogP contribution < -0.4 is 0 Å². The van der Waals surface area contributed by atoms with Crippen LogP contribution in [-0.2, 0) is 9.53 Å². The Morgan fingerprint density at radius 3 is 2.71 bits per heavy atom. The Balaban J connectivity index is 2.02. The summed E-state index contributed by atoms with van der Waals surface area (Å²) in [5.41, 5.74) is 0.0492. The molecule has 0 aromatic rings. The van der Waals surface area contributed by atoms with Crippen LogP contribution >= 0.6 is 0 Å². The average Bonchev–Trinajstić information content (AvgIpc) is 2.39. The maximum absolute atomic E-state index is 12.4. The van der Waals surface area contributed by atoms with Gasteiger partial charge in [0.1, 0.15) is 0 Å².